The van der Waals surface area contributed by atoms with Gasteiger partial charge in [0.15, 0.2) is 5.65 Å². The van der Waals surface area contributed by atoms with Crippen molar-refractivity contribution in [2.24, 2.45) is 0 Å². The standard InChI is InChI=1S/C18H19N5O2S/c1-11-15(26-12(2)21-11)18(25)22-8-5-13(6-9-22)23-10-20-16-14(17(23)24)4-3-7-19-16/h3-4,7,10,13H,5-6,8-9H2,1-2H3. The van der Waals surface area contributed by atoms with Crippen molar-refractivity contribution in [1.82, 2.24) is 24.4 Å². The van der Waals surface area contributed by atoms with Gasteiger partial charge in [0.1, 0.15) is 11.2 Å². The summed E-state index contributed by atoms with van der Waals surface area (Å²) in [6, 6.07) is 3.55. The van der Waals surface area contributed by atoms with Crippen molar-refractivity contribution in [3.63, 3.8) is 0 Å². The van der Waals surface area contributed by atoms with Gasteiger partial charge in [-0.3, -0.25) is 14.2 Å². The SMILES string of the molecule is Cc1nc(C)c(C(=O)N2CCC(n3cnc4ncccc4c3=O)CC2)s1. The van der Waals surface area contributed by atoms with E-state index in [0.717, 1.165) is 28.4 Å². The zero-order chi connectivity index (χ0) is 18.3. The molecule has 0 radical (unpaired) electrons. The number of piperidine rings is 1. The Morgan fingerprint density at radius 2 is 2.00 bits per heavy atom. The van der Waals surface area contributed by atoms with E-state index in [0.29, 0.717) is 24.1 Å². The van der Waals surface area contributed by atoms with Gasteiger partial charge >= 0.3 is 0 Å². The highest BCUT2D eigenvalue weighted by Gasteiger charge is 2.27. The number of aromatic nitrogens is 4. The van der Waals surface area contributed by atoms with Gasteiger partial charge in [-0.15, -0.1) is 11.3 Å². The molecule has 8 heteroatoms. The first-order chi connectivity index (χ1) is 12.5. The Bertz CT molecular complexity index is 1030. The highest BCUT2D eigenvalue weighted by atomic mass is 32.1. The predicted octanol–water partition coefficient (Wildman–Crippen LogP) is 2.34. The van der Waals surface area contributed by atoms with Crippen LogP contribution in [0.3, 0.4) is 0 Å². The molecular weight excluding hydrogens is 350 g/mol. The third-order valence-electron chi connectivity index (χ3n) is 4.80. The predicted molar refractivity (Wildman–Crippen MR) is 99.6 cm³/mol. The second-order valence-electron chi connectivity index (χ2n) is 6.50. The number of thiazole rings is 1. The molecule has 3 aromatic heterocycles. The monoisotopic (exact) mass is 369 g/mol. The van der Waals surface area contributed by atoms with Gasteiger partial charge in [0.2, 0.25) is 0 Å². The molecule has 0 unspecified atom stereocenters. The van der Waals surface area contributed by atoms with Crippen molar-refractivity contribution < 1.29 is 4.79 Å². The molecule has 0 atom stereocenters. The fraction of sp³-hybridized carbons (Fsp3) is 0.389. The van der Waals surface area contributed by atoms with Crippen LogP contribution in [-0.4, -0.2) is 43.4 Å². The molecule has 0 aliphatic carbocycles. The topological polar surface area (TPSA) is 81.0 Å². The quantitative estimate of drug-likeness (QED) is 0.693. The number of rotatable bonds is 2. The number of carbonyl (C=O) groups is 1. The number of nitrogens with zero attached hydrogens (tertiary/aromatic N) is 5. The van der Waals surface area contributed by atoms with Gasteiger partial charge in [0, 0.05) is 25.3 Å². The minimum absolute atomic E-state index is 0.0414. The maximum absolute atomic E-state index is 12.7. The van der Waals surface area contributed by atoms with E-state index in [1.54, 1.807) is 29.2 Å². The molecule has 1 aliphatic heterocycles. The lowest BCUT2D eigenvalue weighted by Crippen LogP contribution is -2.40. The minimum Gasteiger partial charge on any atom is -0.338 e. The second-order valence-corrected chi connectivity index (χ2v) is 7.71. The van der Waals surface area contributed by atoms with E-state index in [4.69, 9.17) is 0 Å². The van der Waals surface area contributed by atoms with Crippen molar-refractivity contribution >= 4 is 28.3 Å². The van der Waals surface area contributed by atoms with Crippen LogP contribution in [0, 0.1) is 13.8 Å². The van der Waals surface area contributed by atoms with Gasteiger partial charge < -0.3 is 4.90 Å². The average molecular weight is 369 g/mol. The lowest BCUT2D eigenvalue weighted by molar-refractivity contribution is 0.0697. The summed E-state index contributed by atoms with van der Waals surface area (Å²) in [7, 11) is 0. The molecule has 0 bridgehead atoms. The zero-order valence-electron chi connectivity index (χ0n) is 14.7. The van der Waals surface area contributed by atoms with Crippen LogP contribution in [0.4, 0.5) is 0 Å². The number of hydrogen-bond donors (Lipinski definition) is 0. The lowest BCUT2D eigenvalue weighted by atomic mass is 10.0. The fourth-order valence-corrected chi connectivity index (χ4v) is 4.34. The van der Waals surface area contributed by atoms with Crippen LogP contribution in [0.1, 0.15) is 39.3 Å². The first kappa shape index (κ1) is 16.8. The highest BCUT2D eigenvalue weighted by molar-refractivity contribution is 7.13. The number of aryl methyl sites for hydroxylation is 2. The third-order valence-corrected chi connectivity index (χ3v) is 5.86. The molecule has 1 fully saturated rings. The van der Waals surface area contributed by atoms with Crippen LogP contribution >= 0.6 is 11.3 Å². The highest BCUT2D eigenvalue weighted by Crippen LogP contribution is 2.25. The molecule has 4 heterocycles. The summed E-state index contributed by atoms with van der Waals surface area (Å²) < 4.78 is 1.69. The van der Waals surface area contributed by atoms with Gasteiger partial charge in [-0.1, -0.05) is 0 Å². The summed E-state index contributed by atoms with van der Waals surface area (Å²) in [6.07, 6.45) is 4.68. The molecule has 1 amide bonds. The summed E-state index contributed by atoms with van der Waals surface area (Å²) in [5, 5.41) is 1.44. The zero-order valence-corrected chi connectivity index (χ0v) is 15.5. The number of fused-ring (bicyclic) bond motifs is 1. The maximum atomic E-state index is 12.7. The molecule has 0 aromatic carbocycles. The number of pyridine rings is 1. The Morgan fingerprint density at radius 3 is 2.69 bits per heavy atom. The number of amides is 1. The van der Waals surface area contributed by atoms with Crippen LogP contribution in [-0.2, 0) is 0 Å². The van der Waals surface area contributed by atoms with Crippen LogP contribution in [0.15, 0.2) is 29.5 Å². The molecule has 0 saturated carbocycles. The van der Waals surface area contributed by atoms with E-state index in [1.807, 2.05) is 18.7 Å². The van der Waals surface area contributed by atoms with Crippen LogP contribution in [0.25, 0.3) is 11.0 Å². The molecule has 0 spiro atoms. The summed E-state index contributed by atoms with van der Waals surface area (Å²) in [6.45, 7) is 5.03. The van der Waals surface area contributed by atoms with E-state index < -0.39 is 0 Å². The summed E-state index contributed by atoms with van der Waals surface area (Å²) >= 11 is 1.44. The molecule has 1 saturated heterocycles. The Morgan fingerprint density at radius 1 is 1.23 bits per heavy atom. The van der Waals surface area contributed by atoms with Crippen molar-refractivity contribution in [3.05, 3.63) is 50.6 Å². The molecule has 0 N–H and O–H groups in total. The van der Waals surface area contributed by atoms with E-state index in [-0.39, 0.29) is 17.5 Å². The molecule has 134 valence electrons. The van der Waals surface area contributed by atoms with E-state index >= 15 is 0 Å². The van der Waals surface area contributed by atoms with Crippen LogP contribution in [0.5, 0.6) is 0 Å². The van der Waals surface area contributed by atoms with Gasteiger partial charge in [-0.25, -0.2) is 15.0 Å². The summed E-state index contributed by atoms with van der Waals surface area (Å²) in [5.41, 5.74) is 1.20. The van der Waals surface area contributed by atoms with E-state index in [2.05, 4.69) is 15.0 Å². The largest absolute Gasteiger partial charge is 0.338 e. The smallest absolute Gasteiger partial charge is 0.265 e. The molecule has 3 aromatic rings. The number of hydrogen-bond acceptors (Lipinski definition) is 6. The van der Waals surface area contributed by atoms with Gasteiger partial charge in [0.05, 0.1) is 16.1 Å². The summed E-state index contributed by atoms with van der Waals surface area (Å²) in [5.74, 6) is 0.0414. The van der Waals surface area contributed by atoms with Gasteiger partial charge in [-0.2, -0.15) is 0 Å². The van der Waals surface area contributed by atoms with Crippen molar-refractivity contribution in [3.8, 4) is 0 Å². The average Bonchev–Trinajstić information content (AvgIpc) is 3.00. The molecular formula is C18H19N5O2S. The third kappa shape index (κ3) is 2.90. The van der Waals surface area contributed by atoms with E-state index in [9.17, 15) is 9.59 Å². The van der Waals surface area contributed by atoms with Crippen molar-refractivity contribution in [2.45, 2.75) is 32.7 Å². The second kappa shape index (κ2) is 6.60. The van der Waals surface area contributed by atoms with Crippen LogP contribution in [0.2, 0.25) is 0 Å². The molecule has 26 heavy (non-hydrogen) atoms. The van der Waals surface area contributed by atoms with Crippen LogP contribution < -0.4 is 5.56 Å². The van der Waals surface area contributed by atoms with Gasteiger partial charge in [0.25, 0.3) is 11.5 Å². The molecule has 4 rings (SSSR count). The first-order valence-corrected chi connectivity index (χ1v) is 9.41. The number of carbonyl (C=O) groups excluding carboxylic acids is 1. The number of likely N-dealkylation sites (tertiary alicyclic amines) is 1. The Balaban J connectivity index is 1.52. The normalized spacial score (nSPS) is 15.5. The molecule has 7 nitrogen and oxygen atoms in total. The lowest BCUT2D eigenvalue weighted by Gasteiger charge is -2.32. The first-order valence-electron chi connectivity index (χ1n) is 8.60. The van der Waals surface area contributed by atoms with E-state index in [1.165, 1.54) is 11.3 Å². The Kier molecular flexibility index (Phi) is 4.28. The Labute approximate surface area is 154 Å². The van der Waals surface area contributed by atoms with Crippen molar-refractivity contribution in [1.29, 1.82) is 0 Å². The minimum atomic E-state index is -0.0678. The summed E-state index contributed by atoms with van der Waals surface area (Å²) in [4.78, 5) is 40.8. The molecule has 1 aliphatic rings. The van der Waals surface area contributed by atoms with Crippen molar-refractivity contribution in [2.75, 3.05) is 13.1 Å². The van der Waals surface area contributed by atoms with Gasteiger partial charge in [-0.05, 0) is 38.8 Å². The fourth-order valence-electron chi connectivity index (χ4n) is 3.46. The Hall–Kier alpha value is -2.61. The maximum Gasteiger partial charge on any atom is 0.265 e.